The molecule has 5 heteroatoms. The molecule has 0 radical (unpaired) electrons. The summed E-state index contributed by atoms with van der Waals surface area (Å²) in [6.07, 6.45) is 1.90. The van der Waals surface area contributed by atoms with Gasteiger partial charge in [-0.3, -0.25) is 9.59 Å². The van der Waals surface area contributed by atoms with Gasteiger partial charge in [-0.15, -0.1) is 0 Å². The Hall–Kier alpha value is -1.55. The Labute approximate surface area is 117 Å². The quantitative estimate of drug-likeness (QED) is 0.922. The van der Waals surface area contributed by atoms with Gasteiger partial charge < -0.3 is 10.2 Å². The smallest absolute Gasteiger partial charge is 0.254 e. The van der Waals surface area contributed by atoms with Gasteiger partial charge >= 0.3 is 0 Å². The number of unbranched alkanes of at least 4 members (excludes halogenated alkanes) is 1. The van der Waals surface area contributed by atoms with Crippen molar-refractivity contribution in [1.29, 1.82) is 0 Å². The molecule has 0 saturated carbocycles. The number of rotatable bonds is 4. The monoisotopic (exact) mass is 280 g/mol. The standard InChI is InChI=1S/C14H17ClN2O2/c1-3-4-8-17-13-10(6-5-7-11(13)15)12(14(17)19)16-9(2)18/h5-7,12H,3-4,8H2,1-2H3,(H,16,18). The maximum absolute atomic E-state index is 12.4. The maximum Gasteiger partial charge on any atom is 0.254 e. The lowest BCUT2D eigenvalue weighted by molar-refractivity contribution is -0.126. The predicted octanol–water partition coefficient (Wildman–Crippen LogP) is 2.66. The molecule has 0 saturated heterocycles. The number of carbonyl (C=O) groups excluding carboxylic acids is 2. The van der Waals surface area contributed by atoms with Gasteiger partial charge in [0.1, 0.15) is 6.04 Å². The average Bonchev–Trinajstić information content (AvgIpc) is 2.62. The van der Waals surface area contributed by atoms with Crippen molar-refractivity contribution in [3.05, 3.63) is 28.8 Å². The highest BCUT2D eigenvalue weighted by atomic mass is 35.5. The molecule has 0 fully saturated rings. The minimum absolute atomic E-state index is 0.105. The SMILES string of the molecule is CCCCN1C(=O)C(NC(C)=O)c2cccc(Cl)c21. The molecule has 0 aromatic heterocycles. The number of nitrogens with one attached hydrogen (secondary N) is 1. The first-order valence-electron chi connectivity index (χ1n) is 6.43. The summed E-state index contributed by atoms with van der Waals surface area (Å²) in [7, 11) is 0. The Morgan fingerprint density at radius 2 is 2.21 bits per heavy atom. The van der Waals surface area contributed by atoms with E-state index < -0.39 is 6.04 Å². The summed E-state index contributed by atoms with van der Waals surface area (Å²) in [6.45, 7) is 4.10. The van der Waals surface area contributed by atoms with Crippen molar-refractivity contribution in [2.75, 3.05) is 11.4 Å². The van der Waals surface area contributed by atoms with Gasteiger partial charge in [0.15, 0.2) is 0 Å². The fourth-order valence-corrected chi connectivity index (χ4v) is 2.61. The zero-order valence-corrected chi connectivity index (χ0v) is 11.8. The molecule has 1 heterocycles. The second-order valence-electron chi connectivity index (χ2n) is 4.65. The Morgan fingerprint density at radius 3 is 2.84 bits per heavy atom. The average molecular weight is 281 g/mol. The zero-order valence-electron chi connectivity index (χ0n) is 11.1. The zero-order chi connectivity index (χ0) is 14.0. The van der Waals surface area contributed by atoms with E-state index in [0.717, 1.165) is 24.1 Å². The van der Waals surface area contributed by atoms with Gasteiger partial charge in [-0.25, -0.2) is 0 Å². The van der Waals surface area contributed by atoms with Gasteiger partial charge in [0.2, 0.25) is 5.91 Å². The minimum Gasteiger partial charge on any atom is -0.341 e. The summed E-state index contributed by atoms with van der Waals surface area (Å²) in [4.78, 5) is 25.3. The Morgan fingerprint density at radius 1 is 1.47 bits per heavy atom. The molecule has 0 spiro atoms. The predicted molar refractivity (Wildman–Crippen MR) is 75.3 cm³/mol. The molecule has 1 unspecified atom stereocenters. The number of para-hydroxylation sites is 1. The van der Waals surface area contributed by atoms with Crippen LogP contribution in [0.2, 0.25) is 5.02 Å². The Bertz CT molecular complexity index is 516. The van der Waals surface area contributed by atoms with Gasteiger partial charge in [0.05, 0.1) is 10.7 Å². The van der Waals surface area contributed by atoms with Crippen LogP contribution in [0.5, 0.6) is 0 Å². The van der Waals surface area contributed by atoms with Crippen molar-refractivity contribution in [2.45, 2.75) is 32.7 Å². The molecule has 19 heavy (non-hydrogen) atoms. The van der Waals surface area contributed by atoms with Crippen LogP contribution in [-0.2, 0) is 9.59 Å². The lowest BCUT2D eigenvalue weighted by atomic mass is 10.1. The van der Waals surface area contributed by atoms with Gasteiger partial charge in [-0.05, 0) is 12.5 Å². The van der Waals surface area contributed by atoms with Crippen molar-refractivity contribution in [2.24, 2.45) is 0 Å². The van der Waals surface area contributed by atoms with Crippen LogP contribution in [0, 0.1) is 0 Å². The van der Waals surface area contributed by atoms with Crippen molar-refractivity contribution >= 4 is 29.1 Å². The fourth-order valence-electron chi connectivity index (χ4n) is 2.33. The second kappa shape index (κ2) is 5.61. The lowest BCUT2D eigenvalue weighted by Crippen LogP contribution is -2.37. The molecule has 2 rings (SSSR count). The highest BCUT2D eigenvalue weighted by Gasteiger charge is 2.38. The van der Waals surface area contributed by atoms with E-state index in [1.165, 1.54) is 6.92 Å². The molecular weight excluding hydrogens is 264 g/mol. The number of hydrogen-bond donors (Lipinski definition) is 1. The van der Waals surface area contributed by atoms with E-state index in [4.69, 9.17) is 11.6 Å². The summed E-state index contributed by atoms with van der Waals surface area (Å²) < 4.78 is 0. The van der Waals surface area contributed by atoms with E-state index in [-0.39, 0.29) is 11.8 Å². The second-order valence-corrected chi connectivity index (χ2v) is 5.06. The molecule has 1 aromatic carbocycles. The van der Waals surface area contributed by atoms with Crippen LogP contribution in [-0.4, -0.2) is 18.4 Å². The number of hydrogen-bond acceptors (Lipinski definition) is 2. The fraction of sp³-hybridized carbons (Fsp3) is 0.429. The van der Waals surface area contributed by atoms with Gasteiger partial charge in [0, 0.05) is 19.0 Å². The molecule has 2 amide bonds. The van der Waals surface area contributed by atoms with Crippen molar-refractivity contribution < 1.29 is 9.59 Å². The highest BCUT2D eigenvalue weighted by molar-refractivity contribution is 6.34. The first-order chi connectivity index (χ1) is 9.06. The maximum atomic E-state index is 12.4. The number of carbonyl (C=O) groups is 2. The highest BCUT2D eigenvalue weighted by Crippen LogP contribution is 2.40. The number of halogens is 1. The molecule has 1 aromatic rings. The van der Waals surface area contributed by atoms with Crippen molar-refractivity contribution in [3.63, 3.8) is 0 Å². The molecule has 0 bridgehead atoms. The Balaban J connectivity index is 2.40. The van der Waals surface area contributed by atoms with Crippen LogP contribution in [0.4, 0.5) is 5.69 Å². The molecular formula is C14H17ClN2O2. The van der Waals surface area contributed by atoms with E-state index in [1.807, 2.05) is 6.07 Å². The Kier molecular flexibility index (Phi) is 4.10. The van der Waals surface area contributed by atoms with E-state index in [2.05, 4.69) is 12.2 Å². The summed E-state index contributed by atoms with van der Waals surface area (Å²) in [6, 6.07) is 4.80. The van der Waals surface area contributed by atoms with Gasteiger partial charge in [-0.2, -0.15) is 0 Å². The van der Waals surface area contributed by atoms with Crippen molar-refractivity contribution in [1.82, 2.24) is 5.32 Å². The van der Waals surface area contributed by atoms with Crippen LogP contribution in [0.15, 0.2) is 18.2 Å². The first-order valence-corrected chi connectivity index (χ1v) is 6.81. The van der Waals surface area contributed by atoms with Crippen LogP contribution in [0.3, 0.4) is 0 Å². The normalized spacial score (nSPS) is 17.5. The third-order valence-electron chi connectivity index (χ3n) is 3.19. The molecule has 1 aliphatic rings. The number of fused-ring (bicyclic) bond motifs is 1. The number of amides is 2. The van der Waals surface area contributed by atoms with Crippen LogP contribution < -0.4 is 10.2 Å². The molecule has 4 nitrogen and oxygen atoms in total. The van der Waals surface area contributed by atoms with Crippen LogP contribution >= 0.6 is 11.6 Å². The van der Waals surface area contributed by atoms with Gasteiger partial charge in [0.25, 0.3) is 5.91 Å². The largest absolute Gasteiger partial charge is 0.341 e. The lowest BCUT2D eigenvalue weighted by Gasteiger charge is -2.18. The summed E-state index contributed by atoms with van der Waals surface area (Å²) >= 11 is 6.20. The summed E-state index contributed by atoms with van der Waals surface area (Å²) in [5, 5.41) is 3.24. The molecule has 1 aliphatic heterocycles. The number of anilines is 1. The van der Waals surface area contributed by atoms with E-state index in [9.17, 15) is 9.59 Å². The summed E-state index contributed by atoms with van der Waals surface area (Å²) in [5.41, 5.74) is 1.52. The summed E-state index contributed by atoms with van der Waals surface area (Å²) in [5.74, 6) is -0.326. The molecule has 0 aliphatic carbocycles. The topological polar surface area (TPSA) is 49.4 Å². The number of benzene rings is 1. The van der Waals surface area contributed by atoms with Gasteiger partial charge in [-0.1, -0.05) is 37.1 Å². The first kappa shape index (κ1) is 13.9. The minimum atomic E-state index is -0.608. The van der Waals surface area contributed by atoms with E-state index in [1.54, 1.807) is 17.0 Å². The van der Waals surface area contributed by atoms with Crippen LogP contribution in [0.1, 0.15) is 38.3 Å². The van der Waals surface area contributed by atoms with Crippen molar-refractivity contribution in [3.8, 4) is 0 Å². The molecule has 102 valence electrons. The third kappa shape index (κ3) is 2.59. The van der Waals surface area contributed by atoms with E-state index >= 15 is 0 Å². The third-order valence-corrected chi connectivity index (χ3v) is 3.50. The molecule has 1 atom stereocenters. The van der Waals surface area contributed by atoms with Crippen LogP contribution in [0.25, 0.3) is 0 Å². The van der Waals surface area contributed by atoms with E-state index in [0.29, 0.717) is 11.6 Å². The molecule has 1 N–H and O–H groups in total. The number of nitrogens with zero attached hydrogens (tertiary/aromatic N) is 1.